The summed E-state index contributed by atoms with van der Waals surface area (Å²) >= 11 is 11.6. The molecule has 0 radical (unpaired) electrons. The Balaban J connectivity index is 2.93. The fraction of sp³-hybridized carbons (Fsp3) is 0.231. The number of hydrogen-bond acceptors (Lipinski definition) is 5. The molecule has 0 heterocycles. The highest BCUT2D eigenvalue weighted by Crippen LogP contribution is 2.15. The van der Waals surface area contributed by atoms with Crippen LogP contribution >= 0.6 is 36.2 Å². The number of hydrogen-bond donors (Lipinski definition) is 4. The zero-order valence-electron chi connectivity index (χ0n) is 12.5. The number of thiocarbonyl (C=S) groups is 2. The van der Waals surface area contributed by atoms with Gasteiger partial charge in [-0.25, -0.2) is 0 Å². The molecule has 0 spiro atoms. The maximum atomic E-state index is 5.01. The predicted molar refractivity (Wildman–Crippen MR) is 103 cm³/mol. The molecule has 0 amide bonds. The molecule has 9 heteroatoms. The van der Waals surface area contributed by atoms with Gasteiger partial charge in [0.15, 0.2) is 10.2 Å². The lowest BCUT2D eigenvalue weighted by Gasteiger charge is -2.06. The summed E-state index contributed by atoms with van der Waals surface area (Å²) in [6.45, 7) is 0. The first-order chi connectivity index (χ1) is 10.6. The highest BCUT2D eigenvalue weighted by Gasteiger charge is 2.02. The van der Waals surface area contributed by atoms with E-state index in [0.717, 1.165) is 5.56 Å². The number of thioether (sulfide) groups is 1. The Morgan fingerprint density at radius 1 is 1.05 bits per heavy atom. The van der Waals surface area contributed by atoms with Crippen LogP contribution in [0.3, 0.4) is 0 Å². The van der Waals surface area contributed by atoms with Crippen LogP contribution in [0.25, 0.3) is 0 Å². The number of nitrogens with zero attached hydrogens (tertiary/aromatic N) is 2. The van der Waals surface area contributed by atoms with Gasteiger partial charge in [-0.3, -0.25) is 10.9 Å². The van der Waals surface area contributed by atoms with Crippen LogP contribution in [0, 0.1) is 0 Å². The second-order valence-corrected chi connectivity index (χ2v) is 5.56. The van der Waals surface area contributed by atoms with Crippen molar-refractivity contribution in [3.05, 3.63) is 29.8 Å². The van der Waals surface area contributed by atoms with Crippen molar-refractivity contribution in [2.24, 2.45) is 10.2 Å². The second kappa shape index (κ2) is 10.1. The van der Waals surface area contributed by atoms with Gasteiger partial charge in [0.25, 0.3) is 0 Å². The molecule has 0 aliphatic carbocycles. The van der Waals surface area contributed by atoms with Crippen LogP contribution in [0.4, 0.5) is 0 Å². The summed E-state index contributed by atoms with van der Waals surface area (Å²) in [5, 5.41) is 14.7. The molecular weight excluding hydrogens is 336 g/mol. The molecule has 0 aromatic heterocycles. The Labute approximate surface area is 145 Å². The summed E-state index contributed by atoms with van der Waals surface area (Å²) in [7, 11) is 3.44. The molecule has 4 N–H and O–H groups in total. The molecule has 0 atom stereocenters. The largest absolute Gasteiger partial charge is 0.364 e. The number of hydrazone groups is 2. The van der Waals surface area contributed by atoms with E-state index in [1.807, 2.05) is 30.5 Å². The van der Waals surface area contributed by atoms with Gasteiger partial charge in [0, 0.05) is 24.6 Å². The molecule has 0 bridgehead atoms. The zero-order valence-corrected chi connectivity index (χ0v) is 15.0. The highest BCUT2D eigenvalue weighted by atomic mass is 32.2. The minimum atomic E-state index is 0.422. The number of benzene rings is 1. The summed E-state index contributed by atoms with van der Waals surface area (Å²) in [5.41, 5.74) is 6.96. The van der Waals surface area contributed by atoms with Gasteiger partial charge in [0.1, 0.15) is 5.71 Å². The quantitative estimate of drug-likeness (QED) is 0.275. The summed E-state index contributed by atoms with van der Waals surface area (Å²) < 4.78 is 0. The molecule has 1 aromatic rings. The van der Waals surface area contributed by atoms with Crippen molar-refractivity contribution in [1.29, 1.82) is 0 Å². The molecule has 1 rings (SSSR count). The Hall–Kier alpha value is -1.71. The first kappa shape index (κ1) is 18.3. The van der Waals surface area contributed by atoms with E-state index in [1.165, 1.54) is 4.90 Å². The van der Waals surface area contributed by atoms with E-state index in [9.17, 15) is 0 Å². The minimum absolute atomic E-state index is 0.422. The third-order valence-electron chi connectivity index (χ3n) is 2.47. The molecule has 0 unspecified atom stereocenters. The van der Waals surface area contributed by atoms with Gasteiger partial charge in [-0.15, -0.1) is 11.8 Å². The van der Waals surface area contributed by atoms with Crippen molar-refractivity contribution >= 4 is 58.3 Å². The van der Waals surface area contributed by atoms with E-state index in [-0.39, 0.29) is 0 Å². The van der Waals surface area contributed by atoms with E-state index in [2.05, 4.69) is 31.7 Å². The second-order valence-electron chi connectivity index (χ2n) is 3.87. The van der Waals surface area contributed by atoms with E-state index in [1.54, 1.807) is 32.1 Å². The average Bonchev–Trinajstić information content (AvgIpc) is 2.57. The highest BCUT2D eigenvalue weighted by molar-refractivity contribution is 7.98. The van der Waals surface area contributed by atoms with E-state index in [0.29, 0.717) is 15.9 Å². The molecule has 1 aromatic carbocycles. The van der Waals surface area contributed by atoms with Gasteiger partial charge < -0.3 is 10.6 Å². The fourth-order valence-corrected chi connectivity index (χ4v) is 1.81. The van der Waals surface area contributed by atoms with Crippen LogP contribution in [0.1, 0.15) is 5.56 Å². The molecule has 22 heavy (non-hydrogen) atoms. The molecule has 6 nitrogen and oxygen atoms in total. The van der Waals surface area contributed by atoms with E-state index >= 15 is 0 Å². The molecule has 0 saturated carbocycles. The lowest BCUT2D eigenvalue weighted by molar-refractivity contribution is 0.972. The van der Waals surface area contributed by atoms with Crippen LogP contribution in [0.15, 0.2) is 39.4 Å². The fourth-order valence-electron chi connectivity index (χ4n) is 1.30. The Morgan fingerprint density at radius 3 is 2.18 bits per heavy atom. The van der Waals surface area contributed by atoms with Crippen molar-refractivity contribution in [3.63, 3.8) is 0 Å². The van der Waals surface area contributed by atoms with Crippen LogP contribution in [0.5, 0.6) is 0 Å². The van der Waals surface area contributed by atoms with Gasteiger partial charge in [-0.05, 0) is 42.8 Å². The average molecular weight is 355 g/mol. The first-order valence-electron chi connectivity index (χ1n) is 6.31. The van der Waals surface area contributed by atoms with E-state index < -0.39 is 0 Å². The van der Waals surface area contributed by atoms with Crippen molar-refractivity contribution in [2.75, 3.05) is 20.4 Å². The van der Waals surface area contributed by atoms with Crippen molar-refractivity contribution in [2.45, 2.75) is 4.90 Å². The predicted octanol–water partition coefficient (Wildman–Crippen LogP) is 1.29. The normalized spacial score (nSPS) is 11.1. The van der Waals surface area contributed by atoms with Gasteiger partial charge >= 0.3 is 0 Å². The minimum Gasteiger partial charge on any atom is -0.364 e. The number of rotatable bonds is 5. The first-order valence-corrected chi connectivity index (χ1v) is 8.35. The van der Waals surface area contributed by atoms with Crippen molar-refractivity contribution < 1.29 is 0 Å². The summed E-state index contributed by atoms with van der Waals surface area (Å²) in [6, 6.07) is 7.98. The number of nitrogens with one attached hydrogen (secondary N) is 4. The SMILES string of the molecule is CNC(=S)NN=CC(=NNC(=S)NC)c1ccc(SC)cc1. The molecule has 0 aliphatic heterocycles. The summed E-state index contributed by atoms with van der Waals surface area (Å²) in [5.74, 6) is 0. The maximum absolute atomic E-state index is 5.01. The van der Waals surface area contributed by atoms with Crippen molar-refractivity contribution in [1.82, 2.24) is 21.5 Å². The smallest absolute Gasteiger partial charge is 0.186 e. The standard InChI is InChI=1S/C13H18N6S3/c1-14-12(20)18-16-8-11(17-19-13(21)15-2)9-4-6-10(22-3)7-5-9/h4-8H,1-3H3,(H2,14,18,20)(H2,15,19,21). The van der Waals surface area contributed by atoms with Crippen LogP contribution in [-0.2, 0) is 0 Å². The lowest BCUT2D eigenvalue weighted by atomic mass is 10.1. The van der Waals surface area contributed by atoms with Crippen LogP contribution in [-0.4, -0.2) is 42.5 Å². The van der Waals surface area contributed by atoms with Gasteiger partial charge in [-0.1, -0.05) is 12.1 Å². The Kier molecular flexibility index (Phi) is 8.41. The van der Waals surface area contributed by atoms with Gasteiger partial charge in [-0.2, -0.15) is 10.2 Å². The maximum Gasteiger partial charge on any atom is 0.186 e. The Bertz CT molecular complexity index is 568. The monoisotopic (exact) mass is 354 g/mol. The molecular formula is C13H18N6S3. The van der Waals surface area contributed by atoms with Gasteiger partial charge in [0.2, 0.25) is 0 Å². The lowest BCUT2D eigenvalue weighted by Crippen LogP contribution is -2.30. The van der Waals surface area contributed by atoms with E-state index in [4.69, 9.17) is 24.4 Å². The molecule has 0 fully saturated rings. The molecule has 0 aliphatic rings. The summed E-state index contributed by atoms with van der Waals surface area (Å²) in [4.78, 5) is 1.17. The molecule has 118 valence electrons. The summed E-state index contributed by atoms with van der Waals surface area (Å²) in [6.07, 6.45) is 3.60. The molecule has 0 saturated heterocycles. The zero-order chi connectivity index (χ0) is 16.4. The van der Waals surface area contributed by atoms with Crippen LogP contribution < -0.4 is 21.5 Å². The van der Waals surface area contributed by atoms with Crippen molar-refractivity contribution in [3.8, 4) is 0 Å². The Morgan fingerprint density at radius 2 is 1.64 bits per heavy atom. The van der Waals surface area contributed by atoms with Gasteiger partial charge in [0.05, 0.1) is 6.21 Å². The van der Waals surface area contributed by atoms with Crippen LogP contribution in [0.2, 0.25) is 0 Å². The third kappa shape index (κ3) is 6.37. The topological polar surface area (TPSA) is 72.8 Å². The third-order valence-corrected chi connectivity index (χ3v) is 3.81.